The van der Waals surface area contributed by atoms with E-state index in [2.05, 4.69) is 19.2 Å². The van der Waals surface area contributed by atoms with E-state index in [4.69, 9.17) is 0 Å². The van der Waals surface area contributed by atoms with Crippen LogP contribution in [0.2, 0.25) is 0 Å². The van der Waals surface area contributed by atoms with Crippen molar-refractivity contribution < 1.29 is 4.79 Å². The second kappa shape index (κ2) is 9.62. The number of unbranched alkanes of at least 4 members (excludes halogenated alkanes) is 1. The van der Waals surface area contributed by atoms with Crippen molar-refractivity contribution in [2.45, 2.75) is 58.4 Å². The Labute approximate surface area is 118 Å². The van der Waals surface area contributed by atoms with E-state index < -0.39 is 0 Å². The maximum atomic E-state index is 12.4. The molecule has 108 valence electrons. The number of rotatable bonds is 6. The summed E-state index contributed by atoms with van der Waals surface area (Å²) < 4.78 is 0. The second-order valence-electron chi connectivity index (χ2n) is 5.18. The molecule has 1 aliphatic rings. The molecule has 1 aliphatic heterocycles. The van der Waals surface area contributed by atoms with Crippen molar-refractivity contribution in [1.29, 1.82) is 0 Å². The molecule has 1 saturated heterocycles. The van der Waals surface area contributed by atoms with Gasteiger partial charge in [0.1, 0.15) is 0 Å². The van der Waals surface area contributed by atoms with Crippen LogP contribution in [0.25, 0.3) is 0 Å². The van der Waals surface area contributed by atoms with Gasteiger partial charge in [-0.3, -0.25) is 4.79 Å². The lowest BCUT2D eigenvalue weighted by atomic mass is 9.96. The molecule has 0 spiro atoms. The molecule has 1 unspecified atom stereocenters. The minimum absolute atomic E-state index is 0. The molecule has 0 aliphatic carbocycles. The molecule has 18 heavy (non-hydrogen) atoms. The third kappa shape index (κ3) is 5.15. The summed E-state index contributed by atoms with van der Waals surface area (Å²) in [5, 5.41) is 3.35. The second-order valence-corrected chi connectivity index (χ2v) is 5.18. The van der Waals surface area contributed by atoms with E-state index in [0.29, 0.717) is 11.9 Å². The number of hydrogen-bond donors (Lipinski definition) is 1. The highest BCUT2D eigenvalue weighted by atomic mass is 35.5. The van der Waals surface area contributed by atoms with Crippen LogP contribution in [-0.2, 0) is 4.79 Å². The van der Waals surface area contributed by atoms with Crippen molar-refractivity contribution in [2.75, 3.05) is 20.1 Å². The van der Waals surface area contributed by atoms with E-state index in [1.165, 1.54) is 12.8 Å². The summed E-state index contributed by atoms with van der Waals surface area (Å²) in [6.07, 6.45) is 6.60. The molecule has 0 aromatic rings. The van der Waals surface area contributed by atoms with Crippen LogP contribution in [0, 0.1) is 5.92 Å². The Morgan fingerprint density at radius 2 is 1.94 bits per heavy atom. The first-order valence-corrected chi connectivity index (χ1v) is 7.18. The monoisotopic (exact) mass is 276 g/mol. The molecular weight excluding hydrogens is 248 g/mol. The maximum absolute atomic E-state index is 12.4. The SMILES string of the molecule is CCCCC(CC)C(=O)N(C)C1CCNCC1.Cl. The van der Waals surface area contributed by atoms with Gasteiger partial charge in [0.25, 0.3) is 0 Å². The molecule has 1 heterocycles. The summed E-state index contributed by atoms with van der Waals surface area (Å²) >= 11 is 0. The Bertz CT molecular complexity index is 230. The highest BCUT2D eigenvalue weighted by Crippen LogP contribution is 2.19. The number of amides is 1. The quantitative estimate of drug-likeness (QED) is 0.809. The van der Waals surface area contributed by atoms with E-state index in [0.717, 1.165) is 38.8 Å². The lowest BCUT2D eigenvalue weighted by Crippen LogP contribution is -2.46. The van der Waals surface area contributed by atoms with Crippen molar-refractivity contribution in [3.8, 4) is 0 Å². The molecule has 1 amide bonds. The number of hydrogen-bond acceptors (Lipinski definition) is 2. The van der Waals surface area contributed by atoms with E-state index in [1.807, 2.05) is 11.9 Å². The van der Waals surface area contributed by atoms with Gasteiger partial charge in [0.15, 0.2) is 0 Å². The molecule has 0 saturated carbocycles. The standard InChI is InChI=1S/C14H28N2O.ClH/c1-4-6-7-12(5-2)14(17)16(3)13-8-10-15-11-9-13;/h12-13,15H,4-11H2,1-3H3;1H. The van der Waals surface area contributed by atoms with Crippen molar-refractivity contribution in [2.24, 2.45) is 5.92 Å². The van der Waals surface area contributed by atoms with E-state index in [-0.39, 0.29) is 18.3 Å². The van der Waals surface area contributed by atoms with Gasteiger partial charge in [-0.2, -0.15) is 0 Å². The van der Waals surface area contributed by atoms with Crippen LogP contribution in [0.3, 0.4) is 0 Å². The van der Waals surface area contributed by atoms with Crippen LogP contribution in [0.5, 0.6) is 0 Å². The number of carbonyl (C=O) groups is 1. The maximum Gasteiger partial charge on any atom is 0.225 e. The first-order chi connectivity index (χ1) is 8.20. The zero-order chi connectivity index (χ0) is 12.7. The van der Waals surface area contributed by atoms with Gasteiger partial charge >= 0.3 is 0 Å². The van der Waals surface area contributed by atoms with Crippen LogP contribution < -0.4 is 5.32 Å². The highest BCUT2D eigenvalue weighted by molar-refractivity contribution is 5.85. The summed E-state index contributed by atoms with van der Waals surface area (Å²) in [5.41, 5.74) is 0. The van der Waals surface area contributed by atoms with Crippen LogP contribution in [-0.4, -0.2) is 37.0 Å². The minimum atomic E-state index is 0. The first kappa shape index (κ1) is 17.7. The highest BCUT2D eigenvalue weighted by Gasteiger charge is 2.26. The average Bonchev–Trinajstić information content (AvgIpc) is 2.39. The lowest BCUT2D eigenvalue weighted by molar-refractivity contribution is -0.137. The van der Waals surface area contributed by atoms with Gasteiger partial charge < -0.3 is 10.2 Å². The number of carbonyl (C=O) groups excluding carboxylic acids is 1. The Kier molecular flexibility index (Phi) is 9.47. The Hall–Kier alpha value is -0.280. The normalized spacial score (nSPS) is 17.9. The summed E-state index contributed by atoms with van der Waals surface area (Å²) in [4.78, 5) is 14.4. The summed E-state index contributed by atoms with van der Waals surface area (Å²) in [6, 6.07) is 0.458. The predicted molar refractivity (Wildman–Crippen MR) is 79.2 cm³/mol. The van der Waals surface area contributed by atoms with Crippen LogP contribution in [0.1, 0.15) is 52.4 Å². The van der Waals surface area contributed by atoms with Crippen molar-refractivity contribution in [3.05, 3.63) is 0 Å². The van der Waals surface area contributed by atoms with E-state index >= 15 is 0 Å². The van der Waals surface area contributed by atoms with Gasteiger partial charge in [0.2, 0.25) is 5.91 Å². The zero-order valence-electron chi connectivity index (χ0n) is 12.1. The molecule has 1 N–H and O–H groups in total. The Balaban J connectivity index is 0.00000289. The number of nitrogens with zero attached hydrogens (tertiary/aromatic N) is 1. The van der Waals surface area contributed by atoms with Crippen LogP contribution in [0.4, 0.5) is 0 Å². The summed E-state index contributed by atoms with van der Waals surface area (Å²) in [6.45, 7) is 6.42. The molecule has 0 bridgehead atoms. The molecule has 1 atom stereocenters. The predicted octanol–water partition coefficient (Wildman–Crippen LogP) is 2.84. The van der Waals surface area contributed by atoms with Gasteiger partial charge in [-0.05, 0) is 38.8 Å². The number of nitrogens with one attached hydrogen (secondary N) is 1. The van der Waals surface area contributed by atoms with Gasteiger partial charge in [0.05, 0.1) is 0 Å². The summed E-state index contributed by atoms with van der Waals surface area (Å²) in [7, 11) is 1.99. The Morgan fingerprint density at radius 1 is 1.33 bits per heavy atom. The van der Waals surface area contributed by atoms with Gasteiger partial charge in [0, 0.05) is 19.0 Å². The Morgan fingerprint density at radius 3 is 2.44 bits per heavy atom. The van der Waals surface area contributed by atoms with Crippen molar-refractivity contribution >= 4 is 18.3 Å². The fourth-order valence-electron chi connectivity index (χ4n) is 2.61. The average molecular weight is 277 g/mol. The molecule has 1 fully saturated rings. The third-order valence-electron chi connectivity index (χ3n) is 3.95. The van der Waals surface area contributed by atoms with E-state index in [9.17, 15) is 4.79 Å². The van der Waals surface area contributed by atoms with Crippen LogP contribution in [0.15, 0.2) is 0 Å². The molecule has 1 rings (SSSR count). The largest absolute Gasteiger partial charge is 0.342 e. The molecule has 3 nitrogen and oxygen atoms in total. The first-order valence-electron chi connectivity index (χ1n) is 7.18. The molecule has 0 aromatic heterocycles. The van der Waals surface area contributed by atoms with Crippen molar-refractivity contribution in [3.63, 3.8) is 0 Å². The van der Waals surface area contributed by atoms with Crippen molar-refractivity contribution in [1.82, 2.24) is 10.2 Å². The van der Waals surface area contributed by atoms with E-state index in [1.54, 1.807) is 0 Å². The number of halogens is 1. The topological polar surface area (TPSA) is 32.3 Å². The molecular formula is C14H29ClN2O. The van der Waals surface area contributed by atoms with Crippen LogP contribution >= 0.6 is 12.4 Å². The van der Waals surface area contributed by atoms with Gasteiger partial charge in [-0.15, -0.1) is 12.4 Å². The molecule has 0 aromatic carbocycles. The number of piperidine rings is 1. The fourth-order valence-corrected chi connectivity index (χ4v) is 2.61. The van der Waals surface area contributed by atoms with Gasteiger partial charge in [-0.25, -0.2) is 0 Å². The fraction of sp³-hybridized carbons (Fsp3) is 0.929. The zero-order valence-corrected chi connectivity index (χ0v) is 12.9. The minimum Gasteiger partial charge on any atom is -0.342 e. The summed E-state index contributed by atoms with van der Waals surface area (Å²) in [5.74, 6) is 0.614. The lowest BCUT2D eigenvalue weighted by Gasteiger charge is -2.34. The molecule has 4 heteroatoms. The van der Waals surface area contributed by atoms with Gasteiger partial charge in [-0.1, -0.05) is 26.7 Å². The molecule has 0 radical (unpaired) electrons. The third-order valence-corrected chi connectivity index (χ3v) is 3.95. The smallest absolute Gasteiger partial charge is 0.225 e.